The molecule has 2 heterocycles. The summed E-state index contributed by atoms with van der Waals surface area (Å²) in [6, 6.07) is 9.76. The monoisotopic (exact) mass is 467 g/mol. The molecule has 0 atom stereocenters. The molecule has 3 aromatic carbocycles. The third-order valence-corrected chi connectivity index (χ3v) is 5.00. The third-order valence-electron chi connectivity index (χ3n) is 5.00. The zero-order valence-electron chi connectivity index (χ0n) is 16.6. The number of hydrogen-bond donors (Lipinski definition) is 4. The minimum absolute atomic E-state index is 0. The Morgan fingerprint density at radius 3 is 2.58 bits per heavy atom. The van der Waals surface area contributed by atoms with E-state index in [1.165, 1.54) is 28.8 Å². The Morgan fingerprint density at radius 1 is 1.09 bits per heavy atom. The number of carboxylic acids is 1. The van der Waals surface area contributed by atoms with Gasteiger partial charge >= 0.3 is 12.0 Å². The zero-order chi connectivity index (χ0) is 22.4. The molecule has 0 saturated carbocycles. The van der Waals surface area contributed by atoms with Crippen molar-refractivity contribution in [3.8, 4) is 0 Å². The summed E-state index contributed by atoms with van der Waals surface area (Å²) in [7, 11) is 0. The Bertz CT molecular complexity index is 1680. The van der Waals surface area contributed by atoms with Crippen molar-refractivity contribution in [1.29, 1.82) is 0 Å². The smallest absolute Gasteiger partial charge is 0.329 e. The molecule has 0 aliphatic heterocycles. The van der Waals surface area contributed by atoms with Crippen molar-refractivity contribution in [1.82, 2.24) is 14.4 Å². The molecule has 0 radical (unpaired) electrons. The van der Waals surface area contributed by atoms with E-state index in [0.29, 0.717) is 32.7 Å². The highest BCUT2D eigenvalue weighted by Gasteiger charge is 2.16. The second-order valence-electron chi connectivity index (χ2n) is 7.04. The lowest BCUT2D eigenvalue weighted by Crippen LogP contribution is -2.19. The van der Waals surface area contributed by atoms with E-state index in [1.807, 2.05) is 0 Å². The topological polar surface area (TPSA) is 129 Å². The standard InChI is InChI=1S/C22H14FN5O4.ClH/c23-11-2-1-3-12(8-11)25-22(32)26-13-4-5-14-15(9-13)16(10-17(29)30)19-18(14)27-21(31)20-24-6-7-28(19)20;/h1-10H,(H,27,31)(H,29,30)(H2,25,26,32);1H. The molecule has 5 aromatic rings. The van der Waals surface area contributed by atoms with Crippen molar-refractivity contribution in [3.63, 3.8) is 0 Å². The van der Waals surface area contributed by atoms with Crippen LogP contribution in [0.4, 0.5) is 20.6 Å². The molecular formula is C22H15ClFN5O4. The Hall–Kier alpha value is -4.44. The molecule has 0 aliphatic rings. The number of carbonyl (C=O) groups is 2. The number of aromatic nitrogens is 3. The highest BCUT2D eigenvalue weighted by Crippen LogP contribution is 2.25. The molecule has 2 amide bonds. The number of aliphatic carboxylic acids is 1. The molecule has 2 aromatic heterocycles. The number of H-pyrrole nitrogens is 1. The number of nitrogens with zero attached hydrogens (tertiary/aromatic N) is 2. The van der Waals surface area contributed by atoms with Crippen LogP contribution < -0.4 is 21.4 Å². The molecule has 0 saturated heterocycles. The molecule has 0 unspecified atom stereocenters. The Morgan fingerprint density at radius 2 is 1.85 bits per heavy atom. The van der Waals surface area contributed by atoms with Gasteiger partial charge in [-0.25, -0.2) is 19.0 Å². The van der Waals surface area contributed by atoms with Gasteiger partial charge in [-0.15, -0.1) is 12.4 Å². The largest absolute Gasteiger partial charge is 0.478 e. The summed E-state index contributed by atoms with van der Waals surface area (Å²) in [6.45, 7) is 0. The van der Waals surface area contributed by atoms with Gasteiger partial charge in [0.2, 0.25) is 5.65 Å². The molecule has 4 N–H and O–H groups in total. The number of carbonyl (C=O) groups excluding carboxylic acids is 1. The number of aromatic amines is 1. The van der Waals surface area contributed by atoms with Gasteiger partial charge in [0.05, 0.1) is 11.0 Å². The number of imidazole rings is 1. The predicted octanol–water partition coefficient (Wildman–Crippen LogP) is 3.12. The van der Waals surface area contributed by atoms with Gasteiger partial charge in [-0.3, -0.25) is 9.20 Å². The zero-order valence-corrected chi connectivity index (χ0v) is 17.4. The first-order valence-corrected chi connectivity index (χ1v) is 9.43. The van der Waals surface area contributed by atoms with Gasteiger partial charge in [-0.2, -0.15) is 0 Å². The van der Waals surface area contributed by atoms with Gasteiger partial charge in [-0.1, -0.05) is 12.1 Å². The highest BCUT2D eigenvalue weighted by molar-refractivity contribution is 6.14. The first-order chi connectivity index (χ1) is 15.4. The SMILES string of the molecule is Cl.O=C(O)C=c1c2cc(NC(=O)Nc3cccc(F)c3)ccc2c2[nH]c(=O)c3nccn3c12. The molecule has 0 bridgehead atoms. The van der Waals surface area contributed by atoms with Gasteiger partial charge in [0.15, 0.2) is 0 Å². The highest BCUT2D eigenvalue weighted by atomic mass is 35.5. The quantitative estimate of drug-likeness (QED) is 0.324. The fraction of sp³-hybridized carbons (Fsp3) is 0. The maximum absolute atomic E-state index is 13.3. The minimum Gasteiger partial charge on any atom is -0.478 e. The Kier molecular flexibility index (Phi) is 5.44. The summed E-state index contributed by atoms with van der Waals surface area (Å²) >= 11 is 0. The van der Waals surface area contributed by atoms with Crippen LogP contribution in [0, 0.1) is 5.82 Å². The number of anilines is 2. The second-order valence-corrected chi connectivity index (χ2v) is 7.04. The summed E-state index contributed by atoms with van der Waals surface area (Å²) in [6.07, 6.45) is 4.07. The van der Waals surface area contributed by atoms with Crippen LogP contribution in [0.1, 0.15) is 0 Å². The lowest BCUT2D eigenvalue weighted by atomic mass is 10.2. The lowest BCUT2D eigenvalue weighted by molar-refractivity contribution is -0.129. The van der Waals surface area contributed by atoms with Crippen molar-refractivity contribution >= 4 is 69.3 Å². The minimum atomic E-state index is -1.17. The van der Waals surface area contributed by atoms with Crippen LogP contribution in [0.25, 0.3) is 33.5 Å². The summed E-state index contributed by atoms with van der Waals surface area (Å²) in [5.41, 5.74) is 1.33. The van der Waals surface area contributed by atoms with Crippen LogP contribution in [-0.4, -0.2) is 31.5 Å². The first kappa shape index (κ1) is 21.8. The number of fused-ring (bicyclic) bond motifs is 5. The number of urea groups is 1. The lowest BCUT2D eigenvalue weighted by Gasteiger charge is -2.08. The van der Waals surface area contributed by atoms with Crippen LogP contribution in [0.2, 0.25) is 0 Å². The van der Waals surface area contributed by atoms with E-state index in [1.54, 1.807) is 30.5 Å². The molecule has 0 spiro atoms. The van der Waals surface area contributed by atoms with Crippen molar-refractivity contribution in [2.75, 3.05) is 10.6 Å². The number of rotatable bonds is 3. The van der Waals surface area contributed by atoms with E-state index in [4.69, 9.17) is 0 Å². The molecule has 166 valence electrons. The molecule has 5 rings (SSSR count). The van der Waals surface area contributed by atoms with E-state index < -0.39 is 23.4 Å². The van der Waals surface area contributed by atoms with Gasteiger partial charge in [-0.05, 0) is 35.7 Å². The summed E-state index contributed by atoms with van der Waals surface area (Å²) in [5, 5.41) is 16.1. The van der Waals surface area contributed by atoms with Crippen LogP contribution in [0.5, 0.6) is 0 Å². The predicted molar refractivity (Wildman–Crippen MR) is 124 cm³/mol. The number of carboxylic acid groups (broad SMARTS) is 1. The van der Waals surface area contributed by atoms with Gasteiger partial charge < -0.3 is 20.7 Å². The van der Waals surface area contributed by atoms with Crippen molar-refractivity contribution in [3.05, 3.63) is 76.2 Å². The van der Waals surface area contributed by atoms with Crippen LogP contribution in [0.3, 0.4) is 0 Å². The van der Waals surface area contributed by atoms with Gasteiger partial charge in [0.1, 0.15) is 5.82 Å². The normalized spacial score (nSPS) is 11.6. The van der Waals surface area contributed by atoms with Crippen molar-refractivity contribution in [2.45, 2.75) is 0 Å². The van der Waals surface area contributed by atoms with Gasteiger partial charge in [0, 0.05) is 40.4 Å². The second kappa shape index (κ2) is 8.24. The van der Waals surface area contributed by atoms with Crippen LogP contribution in [0.15, 0.2) is 59.7 Å². The molecule has 11 heteroatoms. The fourth-order valence-corrected chi connectivity index (χ4v) is 3.78. The molecular weight excluding hydrogens is 453 g/mol. The van der Waals surface area contributed by atoms with Crippen LogP contribution >= 0.6 is 12.4 Å². The third kappa shape index (κ3) is 3.83. The van der Waals surface area contributed by atoms with Gasteiger partial charge in [0.25, 0.3) is 5.56 Å². The average Bonchev–Trinajstić information content (AvgIpc) is 3.32. The maximum Gasteiger partial charge on any atom is 0.329 e. The van der Waals surface area contributed by atoms with E-state index in [0.717, 1.165) is 6.08 Å². The van der Waals surface area contributed by atoms with Crippen molar-refractivity contribution in [2.24, 2.45) is 0 Å². The summed E-state index contributed by atoms with van der Waals surface area (Å²) in [5.74, 6) is -1.65. The van der Waals surface area contributed by atoms with Crippen LogP contribution in [-0.2, 0) is 4.79 Å². The Balaban J connectivity index is 0.00000259. The summed E-state index contributed by atoms with van der Waals surface area (Å²) in [4.78, 5) is 43.0. The van der Waals surface area contributed by atoms with E-state index >= 15 is 0 Å². The molecule has 0 aliphatic carbocycles. The average molecular weight is 468 g/mol. The molecule has 33 heavy (non-hydrogen) atoms. The number of benzene rings is 2. The number of amides is 2. The molecule has 9 nitrogen and oxygen atoms in total. The first-order valence-electron chi connectivity index (χ1n) is 9.43. The number of hydrogen-bond acceptors (Lipinski definition) is 4. The maximum atomic E-state index is 13.3. The van der Waals surface area contributed by atoms with E-state index in [2.05, 4.69) is 20.6 Å². The Labute approximate surface area is 190 Å². The number of halogens is 2. The van der Waals surface area contributed by atoms with E-state index in [-0.39, 0.29) is 23.7 Å². The van der Waals surface area contributed by atoms with Crippen molar-refractivity contribution < 1.29 is 19.1 Å². The number of nitrogens with one attached hydrogen (secondary N) is 3. The fourth-order valence-electron chi connectivity index (χ4n) is 3.78. The van der Waals surface area contributed by atoms with E-state index in [9.17, 15) is 23.9 Å². The summed E-state index contributed by atoms with van der Waals surface area (Å²) < 4.78 is 14.9. The molecule has 0 fully saturated rings.